The summed E-state index contributed by atoms with van der Waals surface area (Å²) >= 11 is 0. The molecule has 0 saturated heterocycles. The van der Waals surface area contributed by atoms with Gasteiger partial charge in [0.15, 0.2) is 0 Å². The maximum atomic E-state index is 11.8. The number of rotatable bonds is 3. The van der Waals surface area contributed by atoms with Gasteiger partial charge in [-0.05, 0) is 25.5 Å². The highest BCUT2D eigenvalue weighted by molar-refractivity contribution is 7.90. The van der Waals surface area contributed by atoms with Gasteiger partial charge in [-0.3, -0.25) is 0 Å². The Morgan fingerprint density at radius 2 is 2.06 bits per heavy atom. The van der Waals surface area contributed by atoms with Crippen LogP contribution < -0.4 is 0 Å². The van der Waals surface area contributed by atoms with Gasteiger partial charge in [-0.1, -0.05) is 12.1 Å². The molecule has 98 valence electrons. The number of nitrogens with zero attached hydrogens (tertiary/aromatic N) is 2. The Kier molecular flexibility index (Phi) is 3.41. The fourth-order valence-corrected chi connectivity index (χ4v) is 3.10. The van der Waals surface area contributed by atoms with Crippen LogP contribution in [0.1, 0.15) is 18.9 Å². The Morgan fingerprint density at radius 1 is 1.39 bits per heavy atom. The van der Waals surface area contributed by atoms with E-state index in [0.717, 1.165) is 0 Å². The van der Waals surface area contributed by atoms with E-state index in [4.69, 9.17) is 0 Å². The normalized spacial score (nSPS) is 18.1. The lowest BCUT2D eigenvalue weighted by Gasteiger charge is -2.19. The molecule has 0 aliphatic carbocycles. The molecule has 0 saturated carbocycles. The SMILES string of the molecule is CC(O)CCN(C)C1=NS(=O)(=O)c2ccccc21. The fraction of sp³-hybridized carbons (Fsp3) is 0.417. The highest BCUT2D eigenvalue weighted by Crippen LogP contribution is 2.26. The van der Waals surface area contributed by atoms with Crippen LogP contribution in [0.25, 0.3) is 0 Å². The van der Waals surface area contributed by atoms with Crippen molar-refractivity contribution < 1.29 is 13.5 Å². The molecule has 0 spiro atoms. The smallest absolute Gasteiger partial charge is 0.285 e. The summed E-state index contributed by atoms with van der Waals surface area (Å²) in [4.78, 5) is 2.01. The van der Waals surface area contributed by atoms with Crippen molar-refractivity contribution in [2.75, 3.05) is 13.6 Å². The van der Waals surface area contributed by atoms with Crippen LogP contribution in [-0.2, 0) is 10.0 Å². The van der Waals surface area contributed by atoms with Crippen molar-refractivity contribution in [3.8, 4) is 0 Å². The molecule has 5 nitrogen and oxygen atoms in total. The van der Waals surface area contributed by atoms with Gasteiger partial charge in [-0.2, -0.15) is 8.42 Å². The van der Waals surface area contributed by atoms with Gasteiger partial charge < -0.3 is 10.0 Å². The third-order valence-corrected chi connectivity index (χ3v) is 4.18. The second-order valence-electron chi connectivity index (χ2n) is 4.45. The molecular formula is C12H16N2O3S. The van der Waals surface area contributed by atoms with E-state index < -0.39 is 16.1 Å². The molecule has 18 heavy (non-hydrogen) atoms. The third kappa shape index (κ3) is 2.39. The lowest BCUT2D eigenvalue weighted by molar-refractivity contribution is 0.176. The van der Waals surface area contributed by atoms with Crippen molar-refractivity contribution in [2.45, 2.75) is 24.3 Å². The van der Waals surface area contributed by atoms with E-state index in [9.17, 15) is 13.5 Å². The minimum Gasteiger partial charge on any atom is -0.393 e. The van der Waals surface area contributed by atoms with Gasteiger partial charge in [0.05, 0.1) is 6.10 Å². The first-order valence-corrected chi connectivity index (χ1v) is 7.19. The number of hydrogen-bond donors (Lipinski definition) is 1. The van der Waals surface area contributed by atoms with Crippen molar-refractivity contribution in [3.63, 3.8) is 0 Å². The summed E-state index contributed by atoms with van der Waals surface area (Å²) in [5.41, 5.74) is 0.630. The molecule has 0 amide bonds. The molecule has 0 fully saturated rings. The van der Waals surface area contributed by atoms with Gasteiger partial charge in [-0.25, -0.2) is 0 Å². The Balaban J connectivity index is 2.30. The predicted octanol–water partition coefficient (Wildman–Crippen LogP) is 0.838. The molecule has 1 heterocycles. The molecule has 1 aromatic rings. The number of sulfonamides is 1. The van der Waals surface area contributed by atoms with Gasteiger partial charge in [0, 0.05) is 19.2 Å². The van der Waals surface area contributed by atoms with E-state index in [1.807, 2.05) is 0 Å². The summed E-state index contributed by atoms with van der Waals surface area (Å²) in [6.07, 6.45) is 0.152. The zero-order chi connectivity index (χ0) is 13.3. The Morgan fingerprint density at radius 3 is 2.72 bits per heavy atom. The summed E-state index contributed by atoms with van der Waals surface area (Å²) in [7, 11) is -1.78. The predicted molar refractivity (Wildman–Crippen MR) is 69.1 cm³/mol. The Bertz CT molecular complexity index is 579. The highest BCUT2D eigenvalue weighted by Gasteiger charge is 2.30. The first-order chi connectivity index (χ1) is 8.42. The number of aliphatic hydroxyl groups excluding tert-OH is 1. The molecule has 1 atom stereocenters. The van der Waals surface area contributed by atoms with Gasteiger partial charge in [-0.15, -0.1) is 4.40 Å². The van der Waals surface area contributed by atoms with E-state index in [0.29, 0.717) is 24.4 Å². The molecule has 1 aromatic carbocycles. The second kappa shape index (κ2) is 4.70. The summed E-state index contributed by atoms with van der Waals surface area (Å²) in [6, 6.07) is 6.78. The third-order valence-electron chi connectivity index (χ3n) is 2.86. The van der Waals surface area contributed by atoms with Crippen LogP contribution in [0.15, 0.2) is 33.6 Å². The standard InChI is InChI=1S/C12H16N2O3S/c1-9(15)7-8-14(2)12-10-5-3-4-6-11(10)18(16,17)13-12/h3-6,9,15H,7-8H2,1-2H3. The molecule has 0 bridgehead atoms. The van der Waals surface area contributed by atoms with Crippen molar-refractivity contribution >= 4 is 15.9 Å². The van der Waals surface area contributed by atoms with Gasteiger partial charge in [0.25, 0.3) is 10.0 Å². The van der Waals surface area contributed by atoms with E-state index in [2.05, 4.69) is 4.40 Å². The molecule has 1 unspecified atom stereocenters. The number of fused-ring (bicyclic) bond motifs is 1. The lowest BCUT2D eigenvalue weighted by Crippen LogP contribution is -2.29. The highest BCUT2D eigenvalue weighted by atomic mass is 32.2. The first kappa shape index (κ1) is 13.0. The van der Waals surface area contributed by atoms with Crippen molar-refractivity contribution in [1.82, 2.24) is 4.90 Å². The Labute approximate surface area is 107 Å². The summed E-state index contributed by atoms with van der Waals surface area (Å²) < 4.78 is 27.5. The minimum atomic E-state index is -3.55. The number of aliphatic hydroxyl groups is 1. The molecule has 1 aliphatic rings. The average molecular weight is 268 g/mol. The van der Waals surface area contributed by atoms with Crippen LogP contribution in [0.4, 0.5) is 0 Å². The van der Waals surface area contributed by atoms with Crippen molar-refractivity contribution in [1.29, 1.82) is 0 Å². The van der Waals surface area contributed by atoms with Crippen LogP contribution in [-0.4, -0.2) is 44.0 Å². The number of benzene rings is 1. The van der Waals surface area contributed by atoms with E-state index in [1.54, 1.807) is 43.1 Å². The molecular weight excluding hydrogens is 252 g/mol. The topological polar surface area (TPSA) is 70.0 Å². The van der Waals surface area contributed by atoms with Crippen LogP contribution in [0.3, 0.4) is 0 Å². The van der Waals surface area contributed by atoms with E-state index >= 15 is 0 Å². The van der Waals surface area contributed by atoms with Crippen LogP contribution in [0.5, 0.6) is 0 Å². The van der Waals surface area contributed by atoms with Crippen molar-refractivity contribution in [3.05, 3.63) is 29.8 Å². The Hall–Kier alpha value is -1.40. The lowest BCUT2D eigenvalue weighted by atomic mass is 10.2. The fourth-order valence-electron chi connectivity index (χ4n) is 1.85. The van der Waals surface area contributed by atoms with Crippen LogP contribution >= 0.6 is 0 Å². The number of hydrogen-bond acceptors (Lipinski definition) is 4. The monoisotopic (exact) mass is 268 g/mol. The molecule has 1 N–H and O–H groups in total. The zero-order valence-electron chi connectivity index (χ0n) is 10.4. The van der Waals surface area contributed by atoms with E-state index in [1.165, 1.54) is 0 Å². The molecule has 0 radical (unpaired) electrons. The number of amidine groups is 1. The summed E-state index contributed by atoms with van der Waals surface area (Å²) in [6.45, 7) is 2.26. The molecule has 1 aliphatic heterocycles. The second-order valence-corrected chi connectivity index (χ2v) is 6.02. The average Bonchev–Trinajstić information content (AvgIpc) is 2.59. The maximum Gasteiger partial charge on any atom is 0.285 e. The minimum absolute atomic E-state index is 0.254. The first-order valence-electron chi connectivity index (χ1n) is 5.75. The largest absolute Gasteiger partial charge is 0.393 e. The maximum absolute atomic E-state index is 11.8. The van der Waals surface area contributed by atoms with Crippen LogP contribution in [0.2, 0.25) is 0 Å². The molecule has 2 rings (SSSR count). The molecule has 6 heteroatoms. The zero-order valence-corrected chi connectivity index (χ0v) is 11.2. The molecule has 0 aromatic heterocycles. The van der Waals surface area contributed by atoms with E-state index in [-0.39, 0.29) is 4.90 Å². The summed E-state index contributed by atoms with van der Waals surface area (Å²) in [5.74, 6) is 0.450. The van der Waals surface area contributed by atoms with Crippen molar-refractivity contribution in [2.24, 2.45) is 4.40 Å². The van der Waals surface area contributed by atoms with Crippen LogP contribution in [0, 0.1) is 0 Å². The quantitative estimate of drug-likeness (QED) is 0.882. The van der Waals surface area contributed by atoms with Gasteiger partial charge in [0.2, 0.25) is 0 Å². The van der Waals surface area contributed by atoms with Gasteiger partial charge in [0.1, 0.15) is 10.7 Å². The summed E-state index contributed by atoms with van der Waals surface area (Å²) in [5, 5.41) is 9.26. The van der Waals surface area contributed by atoms with Gasteiger partial charge >= 0.3 is 0 Å².